The van der Waals surface area contributed by atoms with Crippen LogP contribution in [0.4, 0.5) is 0 Å². The molecule has 0 spiro atoms. The average Bonchev–Trinajstić information content (AvgIpc) is 2.54. The van der Waals surface area contributed by atoms with E-state index in [0.717, 1.165) is 6.42 Å². The molecule has 4 N–H and O–H groups in total. The van der Waals surface area contributed by atoms with E-state index in [1.165, 1.54) is 13.8 Å². The Balaban J connectivity index is 0.000000274. The first-order valence-electron chi connectivity index (χ1n) is 8.99. The Hall–Kier alpha value is -2.64. The first-order valence-corrected chi connectivity index (χ1v) is 8.99. The lowest BCUT2D eigenvalue weighted by Crippen LogP contribution is -2.57. The van der Waals surface area contributed by atoms with Crippen molar-refractivity contribution in [3.05, 3.63) is 24.3 Å². The number of aliphatic carboxylic acids is 4. The van der Waals surface area contributed by atoms with E-state index in [9.17, 15) is 29.4 Å². The highest BCUT2D eigenvalue weighted by molar-refractivity contribution is 5.85. The van der Waals surface area contributed by atoms with Gasteiger partial charge in [0.2, 0.25) is 0 Å². The summed E-state index contributed by atoms with van der Waals surface area (Å²) in [5.41, 5.74) is -1.09. The molecule has 0 aromatic heterocycles. The minimum atomic E-state index is -0.935. The van der Waals surface area contributed by atoms with Crippen molar-refractivity contribution in [3.63, 3.8) is 0 Å². The highest BCUT2D eigenvalue weighted by Crippen LogP contribution is 2.65. The molecule has 28 heavy (non-hydrogen) atoms. The van der Waals surface area contributed by atoms with Crippen molar-refractivity contribution in [3.8, 4) is 0 Å². The van der Waals surface area contributed by atoms with Gasteiger partial charge in [0.05, 0.1) is 10.8 Å². The summed E-state index contributed by atoms with van der Waals surface area (Å²) in [5, 5.41) is 34.5. The second-order valence-electron chi connectivity index (χ2n) is 8.30. The van der Waals surface area contributed by atoms with Crippen molar-refractivity contribution in [2.24, 2.45) is 22.7 Å². The molecule has 0 heterocycles. The summed E-state index contributed by atoms with van der Waals surface area (Å²) >= 11 is 0. The molecule has 0 aromatic carbocycles. The molecule has 8 nitrogen and oxygen atoms in total. The molecule has 0 unspecified atom stereocenters. The monoisotopic (exact) mass is 396 g/mol. The first-order chi connectivity index (χ1) is 12.7. The van der Waals surface area contributed by atoms with Gasteiger partial charge in [-0.2, -0.15) is 0 Å². The van der Waals surface area contributed by atoms with Gasteiger partial charge in [-0.1, -0.05) is 13.2 Å². The molecular formula is C20H28O8. The summed E-state index contributed by atoms with van der Waals surface area (Å²) in [7, 11) is 0. The smallest absolute Gasteiger partial charge is 0.330 e. The third-order valence-electron chi connectivity index (χ3n) is 5.70. The zero-order valence-corrected chi connectivity index (χ0v) is 16.2. The molecule has 4 bridgehead atoms. The molecule has 8 heteroatoms. The van der Waals surface area contributed by atoms with Gasteiger partial charge in [-0.05, 0) is 64.2 Å². The largest absolute Gasteiger partial charge is 0.481 e. The second kappa shape index (κ2) is 8.58. The lowest BCUT2D eigenvalue weighted by molar-refractivity contribution is -0.187. The van der Waals surface area contributed by atoms with Crippen molar-refractivity contribution in [1.29, 1.82) is 0 Å². The summed E-state index contributed by atoms with van der Waals surface area (Å²) in [4.78, 5) is 42.0. The van der Waals surface area contributed by atoms with Gasteiger partial charge in [-0.3, -0.25) is 9.59 Å². The Labute approximate surface area is 163 Å². The molecule has 4 aliphatic carbocycles. The second-order valence-corrected chi connectivity index (χ2v) is 8.30. The lowest BCUT2D eigenvalue weighted by Gasteiger charge is -2.58. The van der Waals surface area contributed by atoms with Crippen LogP contribution in [0.15, 0.2) is 24.3 Å². The van der Waals surface area contributed by atoms with Gasteiger partial charge in [0, 0.05) is 11.1 Å². The minimum Gasteiger partial charge on any atom is -0.481 e. The number of rotatable bonds is 4. The van der Waals surface area contributed by atoms with E-state index in [0.29, 0.717) is 43.9 Å². The van der Waals surface area contributed by atoms with E-state index in [-0.39, 0.29) is 11.1 Å². The Morgan fingerprint density at radius 3 is 1.14 bits per heavy atom. The van der Waals surface area contributed by atoms with E-state index in [1.54, 1.807) is 0 Å². The van der Waals surface area contributed by atoms with Crippen LogP contribution in [-0.4, -0.2) is 44.3 Å². The molecule has 0 amide bonds. The Morgan fingerprint density at radius 2 is 0.964 bits per heavy atom. The minimum absolute atomic E-state index is 0.176. The van der Waals surface area contributed by atoms with Gasteiger partial charge in [-0.25, -0.2) is 9.59 Å². The average molecular weight is 396 g/mol. The molecule has 156 valence electrons. The van der Waals surface area contributed by atoms with Crippen molar-refractivity contribution >= 4 is 23.9 Å². The summed E-state index contributed by atoms with van der Waals surface area (Å²) in [6.07, 6.45) is 4.21. The molecule has 0 atom stereocenters. The van der Waals surface area contributed by atoms with Crippen LogP contribution in [0, 0.1) is 22.7 Å². The fourth-order valence-corrected chi connectivity index (χ4v) is 4.76. The van der Waals surface area contributed by atoms with Gasteiger partial charge in [-0.15, -0.1) is 0 Å². The standard InChI is InChI=1S/C12H16O4.2C4H6O2/c13-9(14)11-2-7-1-8(4-11)5-12(3-7,6-11)10(15)16;2*1-3(2)4(5)6/h7-8H,1-6H2,(H,13,14)(H,15,16);2*1H2,2H3,(H,5,6). The van der Waals surface area contributed by atoms with Crippen LogP contribution in [0.1, 0.15) is 52.4 Å². The van der Waals surface area contributed by atoms with Crippen LogP contribution in [0.25, 0.3) is 0 Å². The normalized spacial score (nSPS) is 31.4. The van der Waals surface area contributed by atoms with Gasteiger partial charge in [0.25, 0.3) is 0 Å². The Bertz CT molecular complexity index is 611. The number of carboxylic acids is 4. The predicted octanol–water partition coefficient (Wildman–Crippen LogP) is 3.04. The Morgan fingerprint density at radius 1 is 0.714 bits per heavy atom. The maximum atomic E-state index is 11.4. The number of hydrogen-bond acceptors (Lipinski definition) is 4. The van der Waals surface area contributed by atoms with Crippen LogP contribution in [0.3, 0.4) is 0 Å². The molecule has 4 fully saturated rings. The van der Waals surface area contributed by atoms with Crippen molar-refractivity contribution < 1.29 is 39.6 Å². The molecular weight excluding hydrogens is 368 g/mol. The van der Waals surface area contributed by atoms with Crippen LogP contribution in [0.5, 0.6) is 0 Å². The van der Waals surface area contributed by atoms with Gasteiger partial charge in [0.15, 0.2) is 0 Å². The van der Waals surface area contributed by atoms with Crippen LogP contribution in [0.2, 0.25) is 0 Å². The molecule has 0 radical (unpaired) electrons. The number of carboxylic acid groups (broad SMARTS) is 4. The molecule has 0 aromatic rings. The fourth-order valence-electron chi connectivity index (χ4n) is 4.76. The molecule has 0 saturated heterocycles. The van der Waals surface area contributed by atoms with Gasteiger partial charge < -0.3 is 20.4 Å². The maximum Gasteiger partial charge on any atom is 0.330 e. The van der Waals surface area contributed by atoms with Crippen LogP contribution >= 0.6 is 0 Å². The van der Waals surface area contributed by atoms with Crippen LogP contribution < -0.4 is 0 Å². The molecule has 0 aliphatic heterocycles. The summed E-state index contributed by atoms with van der Waals surface area (Å²) < 4.78 is 0. The quantitative estimate of drug-likeness (QED) is 0.530. The highest BCUT2D eigenvalue weighted by Gasteiger charge is 2.63. The highest BCUT2D eigenvalue weighted by atomic mass is 16.4. The van der Waals surface area contributed by atoms with E-state index in [2.05, 4.69) is 13.2 Å². The maximum absolute atomic E-state index is 11.4. The van der Waals surface area contributed by atoms with Crippen molar-refractivity contribution in [1.82, 2.24) is 0 Å². The third-order valence-corrected chi connectivity index (χ3v) is 5.70. The SMILES string of the molecule is C=C(C)C(=O)O.C=C(C)C(=O)O.O=C(O)C12CC3CC(C1)CC(C(=O)O)(C3)C2. The predicted molar refractivity (Wildman–Crippen MR) is 99.7 cm³/mol. The van der Waals surface area contributed by atoms with E-state index >= 15 is 0 Å². The van der Waals surface area contributed by atoms with E-state index in [4.69, 9.17) is 10.2 Å². The van der Waals surface area contributed by atoms with Gasteiger partial charge >= 0.3 is 23.9 Å². The summed E-state index contributed by atoms with van der Waals surface area (Å²) in [6, 6.07) is 0. The van der Waals surface area contributed by atoms with Crippen molar-refractivity contribution in [2.45, 2.75) is 52.4 Å². The lowest BCUT2D eigenvalue weighted by atomic mass is 9.44. The van der Waals surface area contributed by atoms with Crippen LogP contribution in [-0.2, 0) is 19.2 Å². The number of hydrogen-bond donors (Lipinski definition) is 4. The van der Waals surface area contributed by atoms with Crippen molar-refractivity contribution in [2.75, 3.05) is 0 Å². The first kappa shape index (κ1) is 23.4. The summed E-state index contributed by atoms with van der Waals surface area (Å²) in [6.45, 7) is 9.20. The van der Waals surface area contributed by atoms with Gasteiger partial charge in [0.1, 0.15) is 0 Å². The third kappa shape index (κ3) is 5.21. The zero-order valence-electron chi connectivity index (χ0n) is 16.2. The topological polar surface area (TPSA) is 149 Å². The Kier molecular flexibility index (Phi) is 7.17. The summed E-state index contributed by atoms with van der Waals surface area (Å²) in [5.74, 6) is -2.76. The van der Waals surface area contributed by atoms with E-state index in [1.807, 2.05) is 0 Å². The molecule has 4 rings (SSSR count). The molecule has 4 aliphatic rings. The fraction of sp³-hybridized carbons (Fsp3) is 0.600. The number of carbonyl (C=O) groups is 4. The zero-order chi connectivity index (χ0) is 21.9. The van der Waals surface area contributed by atoms with E-state index < -0.39 is 34.7 Å². The molecule has 4 saturated carbocycles.